The largest absolute Gasteiger partial charge is 0.389 e. The highest BCUT2D eigenvalue weighted by Crippen LogP contribution is 2.38. The molecule has 7 nitrogen and oxygen atoms in total. The second-order valence-electron chi connectivity index (χ2n) is 11.2. The molecular weight excluding hydrogens is 504 g/mol. The molecule has 3 atom stereocenters. The topological polar surface area (TPSA) is 88.1 Å². The monoisotopic (exact) mass is 550 g/mol. The van der Waals surface area contributed by atoms with Crippen molar-refractivity contribution in [3.63, 3.8) is 0 Å². The van der Waals surface area contributed by atoms with Crippen LogP contribution in [0.15, 0.2) is 54.6 Å². The van der Waals surface area contributed by atoms with Crippen LogP contribution < -0.4 is 5.32 Å². The first kappa shape index (κ1) is 30.4. The summed E-state index contributed by atoms with van der Waals surface area (Å²) in [7, 11) is 0. The Balaban J connectivity index is 1.31. The predicted octanol–water partition coefficient (Wildman–Crippen LogP) is 6.34. The summed E-state index contributed by atoms with van der Waals surface area (Å²) in [4.78, 5) is 26.1. The van der Waals surface area contributed by atoms with E-state index in [2.05, 4.69) is 34.5 Å². The Morgan fingerprint density at radius 3 is 2.17 bits per heavy atom. The van der Waals surface area contributed by atoms with Crippen LogP contribution in [-0.4, -0.2) is 54.0 Å². The van der Waals surface area contributed by atoms with Crippen molar-refractivity contribution in [2.24, 2.45) is 0 Å². The number of amides is 1. The number of likely N-dealkylation sites (tertiary alicyclic amines) is 1. The highest BCUT2D eigenvalue weighted by molar-refractivity contribution is 5.90. The van der Waals surface area contributed by atoms with Gasteiger partial charge in [-0.1, -0.05) is 74.6 Å². The molecule has 2 saturated heterocycles. The Bertz CT molecular complexity index is 1020. The van der Waals surface area contributed by atoms with Crippen molar-refractivity contribution < 1.29 is 24.2 Å². The quantitative estimate of drug-likeness (QED) is 0.283. The number of nitrogens with one attached hydrogen (secondary N) is 1. The Labute approximate surface area is 239 Å². The lowest BCUT2D eigenvalue weighted by Gasteiger charge is -2.38. The third-order valence-electron chi connectivity index (χ3n) is 7.92. The van der Waals surface area contributed by atoms with Crippen molar-refractivity contribution in [3.05, 3.63) is 65.7 Å². The lowest BCUT2D eigenvalue weighted by molar-refractivity contribution is -0.253. The minimum atomic E-state index is -0.457. The van der Waals surface area contributed by atoms with Gasteiger partial charge in [-0.25, -0.2) is 0 Å². The average molecular weight is 551 g/mol. The third-order valence-corrected chi connectivity index (χ3v) is 7.92. The van der Waals surface area contributed by atoms with Gasteiger partial charge in [-0.2, -0.15) is 0 Å². The van der Waals surface area contributed by atoms with Crippen LogP contribution in [0, 0.1) is 0 Å². The van der Waals surface area contributed by atoms with E-state index in [0.29, 0.717) is 12.8 Å². The van der Waals surface area contributed by atoms with E-state index in [4.69, 9.17) is 14.6 Å². The summed E-state index contributed by atoms with van der Waals surface area (Å²) in [5.74, 6) is -0.133. The van der Waals surface area contributed by atoms with E-state index < -0.39 is 6.29 Å². The van der Waals surface area contributed by atoms with Gasteiger partial charge in [0.1, 0.15) is 6.61 Å². The van der Waals surface area contributed by atoms with Gasteiger partial charge in [0, 0.05) is 37.1 Å². The minimum Gasteiger partial charge on any atom is -0.389 e. The highest BCUT2D eigenvalue weighted by atomic mass is 16.7. The van der Waals surface area contributed by atoms with Gasteiger partial charge < -0.3 is 24.8 Å². The van der Waals surface area contributed by atoms with Crippen LogP contribution in [0.2, 0.25) is 0 Å². The second kappa shape index (κ2) is 16.6. The van der Waals surface area contributed by atoms with Crippen LogP contribution in [0.1, 0.15) is 101 Å². The van der Waals surface area contributed by atoms with Crippen molar-refractivity contribution in [2.45, 2.75) is 95.5 Å². The molecule has 2 aromatic rings. The van der Waals surface area contributed by atoms with Crippen LogP contribution in [-0.2, 0) is 19.1 Å². The molecule has 0 aromatic heterocycles. The summed E-state index contributed by atoms with van der Waals surface area (Å²) in [6.07, 6.45) is 11.1. The number of benzene rings is 2. The zero-order chi connectivity index (χ0) is 28.0. The molecule has 2 fully saturated rings. The van der Waals surface area contributed by atoms with Crippen molar-refractivity contribution in [1.29, 1.82) is 0 Å². The Morgan fingerprint density at radius 1 is 0.800 bits per heavy atom. The van der Waals surface area contributed by atoms with Crippen LogP contribution in [0.4, 0.5) is 5.69 Å². The van der Waals surface area contributed by atoms with Gasteiger partial charge in [0.25, 0.3) is 0 Å². The maximum atomic E-state index is 12.4. The third kappa shape index (κ3) is 10.1. The number of nitrogens with zero attached hydrogens (tertiary/aromatic N) is 1. The highest BCUT2D eigenvalue weighted by Gasteiger charge is 2.33. The van der Waals surface area contributed by atoms with Crippen LogP contribution in [0.5, 0.6) is 0 Å². The smallest absolute Gasteiger partial charge is 0.224 e. The van der Waals surface area contributed by atoms with Gasteiger partial charge in [0.05, 0.1) is 12.2 Å². The minimum absolute atomic E-state index is 0.0122. The van der Waals surface area contributed by atoms with E-state index in [1.165, 1.54) is 37.7 Å². The zero-order valence-corrected chi connectivity index (χ0v) is 23.8. The molecule has 0 radical (unpaired) electrons. The van der Waals surface area contributed by atoms with Gasteiger partial charge >= 0.3 is 0 Å². The zero-order valence-electron chi connectivity index (χ0n) is 23.8. The van der Waals surface area contributed by atoms with Crippen molar-refractivity contribution in [3.8, 4) is 0 Å². The lowest BCUT2D eigenvalue weighted by atomic mass is 10.0. The Morgan fingerprint density at radius 2 is 1.48 bits per heavy atom. The number of anilines is 1. The number of rotatable bonds is 13. The summed E-state index contributed by atoms with van der Waals surface area (Å²) in [5.41, 5.74) is 2.89. The predicted molar refractivity (Wildman–Crippen MR) is 157 cm³/mol. The van der Waals surface area contributed by atoms with E-state index >= 15 is 0 Å². The summed E-state index contributed by atoms with van der Waals surface area (Å²) in [6.45, 7) is 2.82. The normalized spacial score (nSPS) is 22.3. The molecule has 0 aliphatic carbocycles. The number of carbonyl (C=O) groups is 2. The molecule has 1 amide bonds. The van der Waals surface area contributed by atoms with E-state index in [1.54, 1.807) is 0 Å². The molecule has 218 valence electrons. The summed E-state index contributed by atoms with van der Waals surface area (Å²) in [6, 6.07) is 18.2. The van der Waals surface area contributed by atoms with Gasteiger partial charge in [-0.05, 0) is 56.5 Å². The van der Waals surface area contributed by atoms with Crippen LogP contribution in [0.25, 0.3) is 0 Å². The van der Waals surface area contributed by atoms with E-state index in [1.807, 2.05) is 30.3 Å². The molecule has 2 aliphatic rings. The van der Waals surface area contributed by atoms with Gasteiger partial charge in [-0.15, -0.1) is 0 Å². The maximum absolute atomic E-state index is 12.4. The van der Waals surface area contributed by atoms with E-state index in [9.17, 15) is 9.59 Å². The first-order valence-corrected chi connectivity index (χ1v) is 15.2. The molecule has 40 heavy (non-hydrogen) atoms. The molecule has 2 heterocycles. The number of aliphatic hydroxyl groups excluding tert-OH is 1. The second-order valence-corrected chi connectivity index (χ2v) is 11.2. The molecule has 0 bridgehead atoms. The molecule has 0 saturated carbocycles. The maximum Gasteiger partial charge on any atom is 0.224 e. The number of carbonyl (C=O) groups excluding carboxylic acids is 2. The number of unbranched alkanes of at least 4 members (excludes halogenated alkanes) is 3. The fraction of sp³-hybridized carbons (Fsp3) is 0.576. The van der Waals surface area contributed by atoms with E-state index in [0.717, 1.165) is 63.0 Å². The lowest BCUT2D eigenvalue weighted by Crippen LogP contribution is -2.40. The first-order chi connectivity index (χ1) is 19.6. The molecule has 4 rings (SSSR count). The molecule has 2 aromatic carbocycles. The molecular formula is C33H46N2O5. The van der Waals surface area contributed by atoms with E-state index in [-0.39, 0.29) is 30.5 Å². The van der Waals surface area contributed by atoms with Crippen LogP contribution >= 0.6 is 0 Å². The number of hydrogen-bond acceptors (Lipinski definition) is 6. The first-order valence-electron chi connectivity index (χ1n) is 15.2. The fourth-order valence-corrected chi connectivity index (χ4v) is 5.63. The van der Waals surface area contributed by atoms with Gasteiger partial charge in [0.2, 0.25) is 5.91 Å². The molecule has 3 unspecified atom stereocenters. The van der Waals surface area contributed by atoms with Gasteiger partial charge in [0.15, 0.2) is 12.1 Å². The molecule has 7 heteroatoms. The fourth-order valence-electron chi connectivity index (χ4n) is 5.63. The van der Waals surface area contributed by atoms with Crippen molar-refractivity contribution in [2.75, 3.05) is 31.6 Å². The summed E-state index contributed by atoms with van der Waals surface area (Å²) < 4.78 is 13.0. The SMILES string of the molecule is O=C(CO)CCCCCCC(=O)Nc1ccc(C2OC(CN3CCCCCCC3)CC(c3ccccc3)O2)cc1. The summed E-state index contributed by atoms with van der Waals surface area (Å²) >= 11 is 0. The number of Topliss-reactive ketones (excluding diaryl/α,β-unsaturated/α-hetero) is 1. The summed E-state index contributed by atoms with van der Waals surface area (Å²) in [5, 5.41) is 11.8. The molecule has 2 aliphatic heterocycles. The standard InChI is InChI=1S/C33H46N2O5/c36-25-29(37)15-9-2-3-10-16-32(38)34-28-19-17-27(18-20-28)33-39-30(24-35-21-11-4-1-5-12-22-35)23-31(40-33)26-13-7-6-8-14-26/h6-8,13-14,17-20,30-31,33,36H,1-5,9-12,15-16,21-25H2,(H,34,38). The number of ketones is 1. The van der Waals surface area contributed by atoms with Crippen molar-refractivity contribution >= 4 is 17.4 Å². The van der Waals surface area contributed by atoms with Crippen LogP contribution in [0.3, 0.4) is 0 Å². The number of ether oxygens (including phenoxy) is 2. The Kier molecular flexibility index (Phi) is 12.6. The molecule has 2 N–H and O–H groups in total. The average Bonchev–Trinajstić information content (AvgIpc) is 2.96. The Hall–Kier alpha value is -2.58. The van der Waals surface area contributed by atoms with Crippen molar-refractivity contribution in [1.82, 2.24) is 4.90 Å². The van der Waals surface area contributed by atoms with Gasteiger partial charge in [-0.3, -0.25) is 9.59 Å². The number of aliphatic hydroxyl groups is 1. The number of hydrogen-bond donors (Lipinski definition) is 2. The molecule has 0 spiro atoms.